The Hall–Kier alpha value is -2.40. The van der Waals surface area contributed by atoms with Crippen LogP contribution in [0.25, 0.3) is 0 Å². The number of piperidine rings is 1. The van der Waals surface area contributed by atoms with Crippen LogP contribution >= 0.6 is 12.2 Å². The van der Waals surface area contributed by atoms with Crippen molar-refractivity contribution >= 4 is 23.1 Å². The van der Waals surface area contributed by atoms with E-state index in [1.807, 2.05) is 18.2 Å². The fraction of sp³-hybridized carbons (Fsp3) is 0.222. The smallest absolute Gasteiger partial charge is 0.216 e. The highest BCUT2D eigenvalue weighted by Crippen LogP contribution is 2.41. The molecule has 0 spiro atoms. The third-order valence-electron chi connectivity index (χ3n) is 4.25. The maximum absolute atomic E-state index is 14.5. The van der Waals surface area contributed by atoms with E-state index < -0.39 is 23.5 Å². The summed E-state index contributed by atoms with van der Waals surface area (Å²) in [6.07, 6.45) is 3.59. The molecule has 0 amide bonds. The molecule has 2 aromatic rings. The summed E-state index contributed by atoms with van der Waals surface area (Å²) < 4.78 is 16.3. The summed E-state index contributed by atoms with van der Waals surface area (Å²) in [4.78, 5) is 0.205. The number of halogens is 1. The van der Waals surface area contributed by atoms with Crippen molar-refractivity contribution in [3.05, 3.63) is 71.8 Å². The molecule has 1 aromatic heterocycles. The second-order valence-corrected chi connectivity index (χ2v) is 6.32. The van der Waals surface area contributed by atoms with Crippen molar-refractivity contribution in [3.63, 3.8) is 0 Å². The number of aliphatic hydroxyl groups is 1. The van der Waals surface area contributed by atoms with Gasteiger partial charge in [-0.05, 0) is 18.9 Å². The molecule has 3 rings (SSSR count). The van der Waals surface area contributed by atoms with Gasteiger partial charge in [0, 0.05) is 17.7 Å². The van der Waals surface area contributed by atoms with Gasteiger partial charge in [0.25, 0.3) is 0 Å². The average Bonchev–Trinajstić information content (AvgIpc) is 2.55. The average molecular weight is 342 g/mol. The van der Waals surface area contributed by atoms with Crippen LogP contribution < -0.4 is 9.88 Å². The Morgan fingerprint density at radius 3 is 2.54 bits per heavy atom. The zero-order chi connectivity index (χ0) is 17.3. The Morgan fingerprint density at radius 1 is 1.25 bits per heavy atom. The maximum atomic E-state index is 14.5. The van der Waals surface area contributed by atoms with E-state index in [9.17, 15) is 9.50 Å². The van der Waals surface area contributed by atoms with Crippen LogP contribution in [0.1, 0.15) is 24.4 Å². The topological polar surface area (TPSA) is 60.0 Å². The summed E-state index contributed by atoms with van der Waals surface area (Å²) in [6.45, 7) is 1.60. The molecule has 0 bridgehead atoms. The minimum Gasteiger partial charge on any atom is -0.366 e. The van der Waals surface area contributed by atoms with Crippen LogP contribution in [0.15, 0.2) is 60.4 Å². The molecule has 122 valence electrons. The number of rotatable bonds is 2. The van der Waals surface area contributed by atoms with Crippen molar-refractivity contribution in [1.82, 2.24) is 5.32 Å². The molecule has 24 heavy (non-hydrogen) atoms. The SMILES string of the molecule is CC1(O)NC(=S)C(=C=N)C(c2ccccc2F)C1[n+]1ccccc1. The standard InChI is InChI=1S/C18H16FN3OS/c1-18(23)16(22-9-5-2-6-10-22)15(13(11-20)17(24)21-18)12-7-3-4-8-14(12)19/h2-10,15-16,20,23H,1H3/p+1. The van der Waals surface area contributed by atoms with E-state index in [2.05, 4.69) is 11.2 Å². The Kier molecular flexibility index (Phi) is 4.28. The number of benzene rings is 1. The van der Waals surface area contributed by atoms with Gasteiger partial charge in [-0.25, -0.2) is 4.39 Å². The molecule has 3 N–H and O–H groups in total. The Balaban J connectivity index is 2.26. The Labute approximate surface area is 144 Å². The summed E-state index contributed by atoms with van der Waals surface area (Å²) in [6, 6.07) is 11.3. The molecule has 4 nitrogen and oxygen atoms in total. The second-order valence-electron chi connectivity index (χ2n) is 5.91. The number of nitrogens with one attached hydrogen (secondary N) is 2. The van der Waals surface area contributed by atoms with Crippen LogP contribution in [0.3, 0.4) is 0 Å². The number of hydrogen-bond donors (Lipinski definition) is 3. The first-order chi connectivity index (χ1) is 11.5. The van der Waals surface area contributed by atoms with Gasteiger partial charge in [-0.1, -0.05) is 36.5 Å². The lowest BCUT2D eigenvalue weighted by Crippen LogP contribution is -2.65. The molecular weight excluding hydrogens is 325 g/mol. The molecule has 1 aromatic carbocycles. The van der Waals surface area contributed by atoms with E-state index >= 15 is 0 Å². The van der Waals surface area contributed by atoms with Crippen molar-refractivity contribution < 1.29 is 14.1 Å². The van der Waals surface area contributed by atoms with Crippen molar-refractivity contribution in [3.8, 4) is 0 Å². The fourth-order valence-electron chi connectivity index (χ4n) is 3.24. The van der Waals surface area contributed by atoms with Gasteiger partial charge in [0.1, 0.15) is 10.8 Å². The van der Waals surface area contributed by atoms with Gasteiger partial charge in [0.2, 0.25) is 6.04 Å². The van der Waals surface area contributed by atoms with Gasteiger partial charge in [0.05, 0.1) is 11.5 Å². The van der Waals surface area contributed by atoms with E-state index in [1.54, 1.807) is 42.1 Å². The molecule has 0 aliphatic carbocycles. The lowest BCUT2D eigenvalue weighted by molar-refractivity contribution is -0.740. The molecule has 6 heteroatoms. The summed E-state index contributed by atoms with van der Waals surface area (Å²) in [5.41, 5.74) is -0.697. The molecule has 0 radical (unpaired) electrons. The van der Waals surface area contributed by atoms with Crippen LogP contribution in [-0.4, -0.2) is 21.7 Å². The minimum atomic E-state index is -1.42. The molecule has 3 atom stereocenters. The molecular formula is C18H17FN3OS+. The van der Waals surface area contributed by atoms with E-state index in [-0.39, 0.29) is 4.99 Å². The van der Waals surface area contributed by atoms with Crippen LogP contribution in [0.5, 0.6) is 0 Å². The van der Waals surface area contributed by atoms with E-state index in [0.717, 1.165) is 0 Å². The van der Waals surface area contributed by atoms with Gasteiger partial charge in [-0.15, -0.1) is 0 Å². The van der Waals surface area contributed by atoms with Crippen molar-refractivity contribution in [1.29, 1.82) is 5.41 Å². The molecule has 1 saturated heterocycles. The van der Waals surface area contributed by atoms with E-state index in [4.69, 9.17) is 17.6 Å². The van der Waals surface area contributed by atoms with Gasteiger partial charge in [-0.3, -0.25) is 5.41 Å². The molecule has 1 aliphatic heterocycles. The fourth-order valence-corrected chi connectivity index (χ4v) is 3.63. The lowest BCUT2D eigenvalue weighted by Gasteiger charge is -2.40. The first-order valence-corrected chi connectivity index (χ1v) is 7.91. The second kappa shape index (κ2) is 6.24. The van der Waals surface area contributed by atoms with Crippen LogP contribution in [0.4, 0.5) is 4.39 Å². The number of thiocarbonyl (C=S) groups is 1. The van der Waals surface area contributed by atoms with Crippen LogP contribution in [0, 0.1) is 11.2 Å². The molecule has 3 unspecified atom stereocenters. The van der Waals surface area contributed by atoms with Gasteiger partial charge in [0.15, 0.2) is 18.1 Å². The molecule has 1 fully saturated rings. The van der Waals surface area contributed by atoms with Gasteiger partial charge >= 0.3 is 0 Å². The number of nitrogens with zero attached hydrogens (tertiary/aromatic N) is 1. The zero-order valence-electron chi connectivity index (χ0n) is 13.0. The van der Waals surface area contributed by atoms with Gasteiger partial charge < -0.3 is 10.4 Å². The predicted octanol–water partition coefficient (Wildman–Crippen LogP) is 2.25. The van der Waals surface area contributed by atoms with Crippen LogP contribution in [-0.2, 0) is 0 Å². The molecule has 0 saturated carbocycles. The third kappa shape index (κ3) is 2.76. The zero-order valence-corrected chi connectivity index (χ0v) is 13.8. The highest BCUT2D eigenvalue weighted by molar-refractivity contribution is 7.80. The van der Waals surface area contributed by atoms with Crippen LogP contribution in [0.2, 0.25) is 0 Å². The first-order valence-electron chi connectivity index (χ1n) is 7.50. The normalized spacial score (nSPS) is 26.6. The first kappa shape index (κ1) is 16.5. The number of hydrogen-bond acceptors (Lipinski definition) is 3. The number of aromatic nitrogens is 1. The summed E-state index contributed by atoms with van der Waals surface area (Å²) in [5, 5.41) is 21.4. The van der Waals surface area contributed by atoms with Crippen molar-refractivity contribution in [2.45, 2.75) is 24.6 Å². The van der Waals surface area contributed by atoms with Gasteiger partial charge in [-0.2, -0.15) is 4.57 Å². The predicted molar refractivity (Wildman–Crippen MR) is 92.4 cm³/mol. The van der Waals surface area contributed by atoms with E-state index in [1.165, 1.54) is 6.07 Å². The highest BCUT2D eigenvalue weighted by atomic mass is 32.1. The Bertz CT molecular complexity index is 831. The third-order valence-corrected chi connectivity index (χ3v) is 4.57. The maximum Gasteiger partial charge on any atom is 0.216 e. The molecule has 2 heterocycles. The lowest BCUT2D eigenvalue weighted by atomic mass is 9.77. The van der Waals surface area contributed by atoms with E-state index in [0.29, 0.717) is 11.1 Å². The monoisotopic (exact) mass is 342 g/mol. The summed E-state index contributed by atoms with van der Waals surface area (Å²) >= 11 is 5.28. The minimum absolute atomic E-state index is 0.205. The highest BCUT2D eigenvalue weighted by Gasteiger charge is 2.53. The quantitative estimate of drug-likeness (QED) is 0.340. The summed E-state index contributed by atoms with van der Waals surface area (Å²) in [5.74, 6) is 1.29. The van der Waals surface area contributed by atoms with Crippen molar-refractivity contribution in [2.24, 2.45) is 0 Å². The summed E-state index contributed by atoms with van der Waals surface area (Å²) in [7, 11) is 0. The largest absolute Gasteiger partial charge is 0.366 e. The van der Waals surface area contributed by atoms with Crippen molar-refractivity contribution in [2.75, 3.05) is 0 Å². The molecule has 1 aliphatic rings. The Morgan fingerprint density at radius 2 is 1.92 bits per heavy atom. The number of pyridine rings is 1.